The third kappa shape index (κ3) is 3.00. The van der Waals surface area contributed by atoms with Gasteiger partial charge in [0.15, 0.2) is 0 Å². The summed E-state index contributed by atoms with van der Waals surface area (Å²) in [7, 11) is -0.852. The highest BCUT2D eigenvalue weighted by Gasteiger charge is 2.23. The molecular formula is C15H16FNO3S. The minimum Gasteiger partial charge on any atom is -0.495 e. The molecule has 0 atom stereocenters. The Morgan fingerprint density at radius 2 is 1.71 bits per heavy atom. The predicted molar refractivity (Wildman–Crippen MR) is 79.7 cm³/mol. The second kappa shape index (κ2) is 5.73. The van der Waals surface area contributed by atoms with Crippen LogP contribution in [0.5, 0.6) is 5.75 Å². The number of ether oxygens (including phenoxy) is 1. The number of aryl methyl sites for hydroxylation is 1. The van der Waals surface area contributed by atoms with Gasteiger partial charge < -0.3 is 4.74 Å². The molecule has 0 spiro atoms. The molecule has 0 radical (unpaired) electrons. The fourth-order valence-corrected chi connectivity index (χ4v) is 3.14. The molecule has 0 bridgehead atoms. The van der Waals surface area contributed by atoms with Crippen LogP contribution in [-0.4, -0.2) is 22.6 Å². The van der Waals surface area contributed by atoms with E-state index in [1.54, 1.807) is 12.1 Å². The van der Waals surface area contributed by atoms with Gasteiger partial charge in [-0.2, -0.15) is 0 Å². The lowest BCUT2D eigenvalue weighted by atomic mass is 10.2. The molecule has 2 aromatic carbocycles. The first-order chi connectivity index (χ1) is 9.86. The van der Waals surface area contributed by atoms with Crippen molar-refractivity contribution >= 4 is 15.7 Å². The SMILES string of the molecule is COc1ccc(C)cc1N(C)S(=O)(=O)c1ccc(F)cc1. The normalized spacial score (nSPS) is 11.2. The highest BCUT2D eigenvalue weighted by molar-refractivity contribution is 7.92. The number of methoxy groups -OCH3 is 1. The minimum absolute atomic E-state index is 0.0231. The number of anilines is 1. The number of sulfonamides is 1. The van der Waals surface area contributed by atoms with Crippen molar-refractivity contribution in [2.24, 2.45) is 0 Å². The summed E-state index contributed by atoms with van der Waals surface area (Å²) >= 11 is 0. The third-order valence-corrected chi connectivity index (χ3v) is 4.93. The molecule has 0 amide bonds. The summed E-state index contributed by atoms with van der Waals surface area (Å²) in [6.45, 7) is 1.86. The van der Waals surface area contributed by atoms with E-state index in [2.05, 4.69) is 0 Å². The van der Waals surface area contributed by atoms with Crippen molar-refractivity contribution in [3.63, 3.8) is 0 Å². The maximum Gasteiger partial charge on any atom is 0.264 e. The van der Waals surface area contributed by atoms with Gasteiger partial charge in [-0.25, -0.2) is 12.8 Å². The lowest BCUT2D eigenvalue weighted by Crippen LogP contribution is -2.27. The van der Waals surface area contributed by atoms with E-state index in [1.807, 2.05) is 13.0 Å². The topological polar surface area (TPSA) is 46.6 Å². The van der Waals surface area contributed by atoms with Crippen LogP contribution in [0.15, 0.2) is 47.4 Å². The standard InChI is InChI=1S/C15H16FNO3S/c1-11-4-9-15(20-3)14(10-11)17(2)21(18,19)13-7-5-12(16)6-8-13/h4-10H,1-3H3. The summed E-state index contributed by atoms with van der Waals surface area (Å²) in [5.74, 6) is -0.0291. The zero-order valence-corrected chi connectivity index (χ0v) is 12.8. The molecule has 4 nitrogen and oxygen atoms in total. The van der Waals surface area contributed by atoms with Gasteiger partial charge in [0.25, 0.3) is 10.0 Å². The van der Waals surface area contributed by atoms with Crippen LogP contribution in [0.1, 0.15) is 5.56 Å². The van der Waals surface area contributed by atoms with E-state index in [1.165, 1.54) is 26.3 Å². The van der Waals surface area contributed by atoms with E-state index < -0.39 is 15.8 Å². The summed E-state index contributed by atoms with van der Waals surface area (Å²) in [5, 5.41) is 0. The number of halogens is 1. The molecular weight excluding hydrogens is 293 g/mol. The number of nitrogens with zero attached hydrogens (tertiary/aromatic N) is 1. The van der Waals surface area contributed by atoms with Crippen molar-refractivity contribution in [3.05, 3.63) is 53.8 Å². The number of rotatable bonds is 4. The molecule has 0 saturated heterocycles. The fraction of sp³-hybridized carbons (Fsp3) is 0.200. The molecule has 0 aliphatic carbocycles. The monoisotopic (exact) mass is 309 g/mol. The van der Waals surface area contributed by atoms with Gasteiger partial charge in [0, 0.05) is 7.05 Å². The Kier molecular flexibility index (Phi) is 4.18. The smallest absolute Gasteiger partial charge is 0.264 e. The van der Waals surface area contributed by atoms with Crippen molar-refractivity contribution in [2.45, 2.75) is 11.8 Å². The second-order valence-corrected chi connectivity index (χ2v) is 6.57. The molecule has 0 aliphatic rings. The van der Waals surface area contributed by atoms with Crippen LogP contribution in [-0.2, 0) is 10.0 Å². The van der Waals surface area contributed by atoms with Crippen LogP contribution in [0.25, 0.3) is 0 Å². The number of hydrogen-bond acceptors (Lipinski definition) is 3. The molecule has 0 N–H and O–H groups in total. The van der Waals surface area contributed by atoms with Crippen LogP contribution < -0.4 is 9.04 Å². The van der Waals surface area contributed by atoms with Crippen LogP contribution in [0.4, 0.5) is 10.1 Å². The Morgan fingerprint density at radius 1 is 1.10 bits per heavy atom. The lowest BCUT2D eigenvalue weighted by Gasteiger charge is -2.22. The number of benzene rings is 2. The largest absolute Gasteiger partial charge is 0.495 e. The van der Waals surface area contributed by atoms with Crippen LogP contribution in [0.2, 0.25) is 0 Å². The van der Waals surface area contributed by atoms with Crippen molar-refractivity contribution in [1.29, 1.82) is 0 Å². The summed E-state index contributed by atoms with van der Waals surface area (Å²) in [5.41, 5.74) is 1.34. The van der Waals surface area contributed by atoms with Crippen molar-refractivity contribution in [3.8, 4) is 5.75 Å². The Hall–Kier alpha value is -2.08. The van der Waals surface area contributed by atoms with Gasteiger partial charge in [0.1, 0.15) is 11.6 Å². The van der Waals surface area contributed by atoms with Crippen molar-refractivity contribution in [2.75, 3.05) is 18.5 Å². The maximum atomic E-state index is 12.9. The molecule has 0 heterocycles. The molecule has 0 saturated carbocycles. The van der Waals surface area contributed by atoms with Gasteiger partial charge in [-0.05, 0) is 48.9 Å². The molecule has 0 aromatic heterocycles. The second-order valence-electron chi connectivity index (χ2n) is 4.60. The lowest BCUT2D eigenvalue weighted by molar-refractivity contribution is 0.415. The van der Waals surface area contributed by atoms with E-state index in [9.17, 15) is 12.8 Å². The molecule has 21 heavy (non-hydrogen) atoms. The highest BCUT2D eigenvalue weighted by Crippen LogP contribution is 2.32. The molecule has 2 rings (SSSR count). The van der Waals surface area contributed by atoms with Crippen LogP contribution in [0.3, 0.4) is 0 Å². The summed E-state index contributed by atoms with van der Waals surface area (Å²) in [4.78, 5) is 0.0231. The number of hydrogen-bond donors (Lipinski definition) is 0. The molecule has 0 aliphatic heterocycles. The molecule has 2 aromatic rings. The first kappa shape index (κ1) is 15.3. The van der Waals surface area contributed by atoms with Crippen molar-refractivity contribution < 1.29 is 17.5 Å². The van der Waals surface area contributed by atoms with Crippen LogP contribution in [0, 0.1) is 12.7 Å². The Labute approximate surface area is 123 Å². The zero-order valence-electron chi connectivity index (χ0n) is 12.0. The average molecular weight is 309 g/mol. The van der Waals surface area contributed by atoms with E-state index in [4.69, 9.17) is 4.74 Å². The van der Waals surface area contributed by atoms with Crippen molar-refractivity contribution in [1.82, 2.24) is 0 Å². The van der Waals surface area contributed by atoms with Gasteiger partial charge in [-0.3, -0.25) is 4.31 Å². The van der Waals surface area contributed by atoms with Crippen LogP contribution >= 0.6 is 0 Å². The van der Waals surface area contributed by atoms with Gasteiger partial charge in [-0.15, -0.1) is 0 Å². The maximum absolute atomic E-state index is 12.9. The first-order valence-corrected chi connectivity index (χ1v) is 7.69. The van der Waals surface area contributed by atoms with E-state index >= 15 is 0 Å². The van der Waals surface area contributed by atoms with Gasteiger partial charge >= 0.3 is 0 Å². The molecule has 112 valence electrons. The van der Waals surface area contributed by atoms with Gasteiger partial charge in [0.05, 0.1) is 17.7 Å². The van der Waals surface area contributed by atoms with E-state index in [0.29, 0.717) is 11.4 Å². The fourth-order valence-electron chi connectivity index (χ4n) is 1.94. The Morgan fingerprint density at radius 3 is 2.29 bits per heavy atom. The predicted octanol–water partition coefficient (Wildman–Crippen LogP) is 2.97. The summed E-state index contributed by atoms with van der Waals surface area (Å²) in [6, 6.07) is 9.98. The third-order valence-electron chi connectivity index (χ3n) is 3.15. The first-order valence-electron chi connectivity index (χ1n) is 6.25. The zero-order chi connectivity index (χ0) is 15.6. The molecule has 0 unspecified atom stereocenters. The van der Waals surface area contributed by atoms with Gasteiger partial charge in [0.2, 0.25) is 0 Å². The molecule has 0 fully saturated rings. The van der Waals surface area contributed by atoms with Gasteiger partial charge in [-0.1, -0.05) is 6.07 Å². The summed E-state index contributed by atoms with van der Waals surface area (Å²) < 4.78 is 44.4. The average Bonchev–Trinajstić information content (AvgIpc) is 2.46. The highest BCUT2D eigenvalue weighted by atomic mass is 32.2. The quantitative estimate of drug-likeness (QED) is 0.872. The minimum atomic E-state index is -3.77. The Bertz CT molecular complexity index is 742. The summed E-state index contributed by atoms with van der Waals surface area (Å²) in [6.07, 6.45) is 0. The Balaban J connectivity index is 2.50. The van der Waals surface area contributed by atoms with E-state index in [-0.39, 0.29) is 4.90 Å². The van der Waals surface area contributed by atoms with E-state index in [0.717, 1.165) is 22.0 Å². The molecule has 6 heteroatoms.